The molecule has 0 saturated carbocycles. The molecule has 0 saturated heterocycles. The van der Waals surface area contributed by atoms with E-state index in [1.54, 1.807) is 24.3 Å². The summed E-state index contributed by atoms with van der Waals surface area (Å²) in [6.07, 6.45) is 0. The minimum absolute atomic E-state index is 0.00508. The van der Waals surface area contributed by atoms with Crippen LogP contribution >= 0.6 is 15.9 Å². The van der Waals surface area contributed by atoms with Gasteiger partial charge in [0, 0.05) is 11.1 Å². The summed E-state index contributed by atoms with van der Waals surface area (Å²) in [6, 6.07) is 14.0. The minimum Gasteiger partial charge on any atom is -0.508 e. The molecule has 0 aromatic heterocycles. The van der Waals surface area contributed by atoms with Crippen molar-refractivity contribution in [2.45, 2.75) is 0 Å². The van der Waals surface area contributed by atoms with Gasteiger partial charge in [-0.1, -0.05) is 29.7 Å². The van der Waals surface area contributed by atoms with E-state index < -0.39 is 0 Å². The second-order valence-corrected chi connectivity index (χ2v) is 6.46. The maximum absolute atomic E-state index is 9.99. The summed E-state index contributed by atoms with van der Waals surface area (Å²) >= 11 is 3.15. The van der Waals surface area contributed by atoms with E-state index in [-0.39, 0.29) is 23.0 Å². The van der Waals surface area contributed by atoms with Crippen molar-refractivity contribution in [2.75, 3.05) is 0 Å². The van der Waals surface area contributed by atoms with Gasteiger partial charge in [0.05, 0.1) is 15.6 Å². The average molecular weight is 421 g/mol. The number of rotatable bonds is 0. The maximum Gasteiger partial charge on any atom is 0.145 e. The molecule has 3 aromatic rings. The molecule has 4 N–H and O–H groups in total. The zero-order valence-electron chi connectivity index (χ0n) is 13.9. The Kier molecular flexibility index (Phi) is 5.26. The first-order chi connectivity index (χ1) is 12.9. The standard InChI is InChI=1S/C22H13BrO4/c23-20-13-19(25)12-17(22(20)27)7-5-15-3-1-2-14(10-15)4-6-16-11-18(24)8-9-21(16)26/h1-3,8-13,24-27H. The molecule has 0 unspecified atom stereocenters. The van der Waals surface area contributed by atoms with Gasteiger partial charge < -0.3 is 20.4 Å². The predicted molar refractivity (Wildman–Crippen MR) is 106 cm³/mol. The molecule has 0 radical (unpaired) electrons. The van der Waals surface area contributed by atoms with Crippen LogP contribution in [0.15, 0.2) is 59.1 Å². The van der Waals surface area contributed by atoms with Crippen LogP contribution in [0, 0.1) is 23.7 Å². The van der Waals surface area contributed by atoms with Crippen molar-refractivity contribution in [1.82, 2.24) is 0 Å². The fourth-order valence-corrected chi connectivity index (χ4v) is 2.71. The summed E-state index contributed by atoms with van der Waals surface area (Å²) in [7, 11) is 0. The van der Waals surface area contributed by atoms with Gasteiger partial charge in [0.2, 0.25) is 0 Å². The van der Waals surface area contributed by atoms with Gasteiger partial charge >= 0.3 is 0 Å². The molecule has 3 aromatic carbocycles. The van der Waals surface area contributed by atoms with Crippen molar-refractivity contribution in [3.63, 3.8) is 0 Å². The summed E-state index contributed by atoms with van der Waals surface area (Å²) in [6.45, 7) is 0. The van der Waals surface area contributed by atoms with Crippen LogP contribution in [-0.4, -0.2) is 20.4 Å². The van der Waals surface area contributed by atoms with Gasteiger partial charge in [-0.05, 0) is 64.5 Å². The Bertz CT molecular complexity index is 1140. The largest absolute Gasteiger partial charge is 0.508 e. The highest BCUT2D eigenvalue weighted by Gasteiger charge is 2.05. The number of aromatic hydroxyl groups is 4. The number of hydrogen-bond donors (Lipinski definition) is 4. The Morgan fingerprint density at radius 3 is 1.96 bits per heavy atom. The quantitative estimate of drug-likeness (QED) is 0.326. The molecule has 0 amide bonds. The van der Waals surface area contributed by atoms with Crippen molar-refractivity contribution in [3.8, 4) is 46.7 Å². The van der Waals surface area contributed by atoms with Crippen LogP contribution in [0.25, 0.3) is 0 Å². The number of hydrogen-bond acceptors (Lipinski definition) is 4. The lowest BCUT2D eigenvalue weighted by molar-refractivity contribution is 0.456. The molecule has 0 spiro atoms. The van der Waals surface area contributed by atoms with Crippen molar-refractivity contribution < 1.29 is 20.4 Å². The molecule has 0 fully saturated rings. The van der Waals surface area contributed by atoms with Gasteiger partial charge in [0.1, 0.15) is 23.0 Å². The summed E-state index contributed by atoms with van der Waals surface area (Å²) in [5.74, 6) is 11.4. The van der Waals surface area contributed by atoms with Gasteiger partial charge in [-0.25, -0.2) is 0 Å². The van der Waals surface area contributed by atoms with Crippen molar-refractivity contribution >= 4 is 15.9 Å². The molecule has 5 heteroatoms. The Morgan fingerprint density at radius 2 is 1.26 bits per heavy atom. The molecule has 3 rings (SSSR count). The lowest BCUT2D eigenvalue weighted by Gasteiger charge is -2.01. The number of benzene rings is 3. The van der Waals surface area contributed by atoms with Crippen LogP contribution < -0.4 is 0 Å². The van der Waals surface area contributed by atoms with Crippen LogP contribution in [0.4, 0.5) is 0 Å². The third-order valence-corrected chi connectivity index (χ3v) is 4.18. The smallest absolute Gasteiger partial charge is 0.145 e. The Labute approximate surface area is 164 Å². The van der Waals surface area contributed by atoms with E-state index in [1.165, 1.54) is 30.3 Å². The first-order valence-corrected chi connectivity index (χ1v) is 8.59. The van der Waals surface area contributed by atoms with E-state index in [4.69, 9.17) is 0 Å². The summed E-state index contributed by atoms with van der Waals surface area (Å²) in [4.78, 5) is 0. The second kappa shape index (κ2) is 7.78. The van der Waals surface area contributed by atoms with E-state index in [2.05, 4.69) is 39.6 Å². The topological polar surface area (TPSA) is 80.9 Å². The third-order valence-electron chi connectivity index (χ3n) is 3.57. The SMILES string of the molecule is Oc1ccc(O)c(C#Cc2cccc(C#Cc3cc(O)cc(Br)c3O)c2)c1. The molecule has 0 aliphatic rings. The van der Waals surface area contributed by atoms with Crippen molar-refractivity contribution in [3.05, 3.63) is 81.3 Å². The molecular weight excluding hydrogens is 408 g/mol. The number of halogens is 1. The minimum atomic E-state index is -0.0457. The number of phenols is 4. The second-order valence-electron chi connectivity index (χ2n) is 5.61. The molecule has 132 valence electrons. The maximum atomic E-state index is 9.99. The Hall–Kier alpha value is -3.54. The molecule has 4 nitrogen and oxygen atoms in total. The van der Waals surface area contributed by atoms with Gasteiger partial charge in [-0.3, -0.25) is 0 Å². The van der Waals surface area contributed by atoms with E-state index in [0.29, 0.717) is 26.7 Å². The molecular formula is C22H13BrO4. The van der Waals surface area contributed by atoms with Gasteiger partial charge in [-0.15, -0.1) is 0 Å². The van der Waals surface area contributed by atoms with Crippen molar-refractivity contribution in [1.29, 1.82) is 0 Å². The summed E-state index contributed by atoms with van der Waals surface area (Å²) in [5.41, 5.74) is 1.95. The molecule has 0 heterocycles. The van der Waals surface area contributed by atoms with E-state index in [0.717, 1.165) is 0 Å². The summed E-state index contributed by atoms with van der Waals surface area (Å²) < 4.78 is 0.359. The Balaban J connectivity index is 1.90. The third kappa shape index (κ3) is 4.55. The lowest BCUT2D eigenvalue weighted by atomic mass is 10.1. The highest BCUT2D eigenvalue weighted by atomic mass is 79.9. The van der Waals surface area contributed by atoms with Crippen molar-refractivity contribution in [2.24, 2.45) is 0 Å². The highest BCUT2D eigenvalue weighted by Crippen LogP contribution is 2.31. The normalized spacial score (nSPS) is 9.67. The lowest BCUT2D eigenvalue weighted by Crippen LogP contribution is -1.82. The van der Waals surface area contributed by atoms with Gasteiger partial charge in [0.15, 0.2) is 0 Å². The first-order valence-electron chi connectivity index (χ1n) is 7.80. The van der Waals surface area contributed by atoms with E-state index in [1.807, 2.05) is 0 Å². The molecule has 0 atom stereocenters. The molecule has 27 heavy (non-hydrogen) atoms. The van der Waals surface area contributed by atoms with Crippen LogP contribution in [-0.2, 0) is 0 Å². The fourth-order valence-electron chi connectivity index (χ4n) is 2.26. The average Bonchev–Trinajstić information content (AvgIpc) is 2.64. The zero-order valence-corrected chi connectivity index (χ0v) is 15.4. The van der Waals surface area contributed by atoms with E-state index >= 15 is 0 Å². The van der Waals surface area contributed by atoms with Crippen LogP contribution in [0.5, 0.6) is 23.0 Å². The Morgan fingerprint density at radius 1 is 0.630 bits per heavy atom. The highest BCUT2D eigenvalue weighted by molar-refractivity contribution is 9.10. The van der Waals surface area contributed by atoms with Gasteiger partial charge in [0.25, 0.3) is 0 Å². The van der Waals surface area contributed by atoms with Crippen LogP contribution in [0.3, 0.4) is 0 Å². The molecule has 0 aliphatic carbocycles. The summed E-state index contributed by atoms with van der Waals surface area (Å²) in [5, 5.41) is 38.8. The number of phenolic OH excluding ortho intramolecular Hbond substituents is 4. The van der Waals surface area contributed by atoms with Gasteiger partial charge in [-0.2, -0.15) is 0 Å². The van der Waals surface area contributed by atoms with E-state index in [9.17, 15) is 20.4 Å². The predicted octanol–water partition coefficient (Wildman–Crippen LogP) is 4.07. The monoisotopic (exact) mass is 420 g/mol. The van der Waals surface area contributed by atoms with Crippen LogP contribution in [0.1, 0.15) is 22.3 Å². The zero-order chi connectivity index (χ0) is 19.4. The van der Waals surface area contributed by atoms with Crippen LogP contribution in [0.2, 0.25) is 0 Å². The fraction of sp³-hybridized carbons (Fsp3) is 0. The molecule has 0 aliphatic heterocycles. The molecule has 0 bridgehead atoms. The first kappa shape index (κ1) is 18.3.